The number of hydrogen-bond donors (Lipinski definition) is 1. The maximum absolute atomic E-state index is 12.5. The molecule has 4 heteroatoms. The predicted octanol–water partition coefficient (Wildman–Crippen LogP) is 1.69. The van der Waals surface area contributed by atoms with Gasteiger partial charge in [0.25, 0.3) is 0 Å². The zero-order valence-electron chi connectivity index (χ0n) is 13.2. The Bertz CT molecular complexity index is 311. The lowest BCUT2D eigenvalue weighted by Crippen LogP contribution is -2.51. The van der Waals surface area contributed by atoms with E-state index in [9.17, 15) is 4.79 Å². The molecule has 0 aromatic heterocycles. The van der Waals surface area contributed by atoms with Crippen LogP contribution in [0.25, 0.3) is 0 Å². The average Bonchev–Trinajstić information content (AvgIpc) is 2.45. The highest BCUT2D eigenvalue weighted by Gasteiger charge is 2.30. The summed E-state index contributed by atoms with van der Waals surface area (Å²) in [6.45, 7) is 9.60. The highest BCUT2D eigenvalue weighted by atomic mass is 16.2. The summed E-state index contributed by atoms with van der Waals surface area (Å²) in [4.78, 5) is 17.1. The molecule has 1 aliphatic carbocycles. The maximum Gasteiger partial charge on any atom is 0.225 e. The van der Waals surface area contributed by atoms with Crippen LogP contribution in [0.1, 0.15) is 46.0 Å². The minimum Gasteiger partial charge on any atom is -0.340 e. The number of rotatable bonds is 4. The molecule has 2 aliphatic rings. The summed E-state index contributed by atoms with van der Waals surface area (Å²) in [5.74, 6) is 1.32. The highest BCUT2D eigenvalue weighted by Crippen LogP contribution is 2.25. The zero-order chi connectivity index (χ0) is 14.5. The third kappa shape index (κ3) is 4.45. The third-order valence-electron chi connectivity index (χ3n) is 4.77. The Kier molecular flexibility index (Phi) is 5.85. The Hall–Kier alpha value is -0.610. The molecule has 20 heavy (non-hydrogen) atoms. The van der Waals surface area contributed by atoms with Gasteiger partial charge in [0.05, 0.1) is 0 Å². The minimum atomic E-state index is 0.195. The smallest absolute Gasteiger partial charge is 0.225 e. The monoisotopic (exact) mass is 281 g/mol. The molecule has 2 N–H and O–H groups in total. The van der Waals surface area contributed by atoms with Crippen molar-refractivity contribution in [2.75, 3.05) is 32.7 Å². The standard InChI is InChI=1S/C16H31N3O/c1-13(2)6-7-18-8-10-19(11-9-18)16(20)14-4-3-5-15(17)12-14/h13-15H,3-12,17H2,1-2H3. The van der Waals surface area contributed by atoms with E-state index < -0.39 is 0 Å². The topological polar surface area (TPSA) is 49.6 Å². The van der Waals surface area contributed by atoms with Crippen molar-refractivity contribution in [3.05, 3.63) is 0 Å². The second-order valence-electron chi connectivity index (χ2n) is 6.97. The van der Waals surface area contributed by atoms with Crippen molar-refractivity contribution < 1.29 is 4.79 Å². The molecule has 0 spiro atoms. The number of carbonyl (C=O) groups excluding carboxylic acids is 1. The minimum absolute atomic E-state index is 0.195. The lowest BCUT2D eigenvalue weighted by Gasteiger charge is -2.38. The molecule has 1 aliphatic heterocycles. The molecular weight excluding hydrogens is 250 g/mol. The summed E-state index contributed by atoms with van der Waals surface area (Å²) in [5, 5.41) is 0. The summed E-state index contributed by atoms with van der Waals surface area (Å²) in [6, 6.07) is 0.241. The summed E-state index contributed by atoms with van der Waals surface area (Å²) >= 11 is 0. The van der Waals surface area contributed by atoms with Crippen molar-refractivity contribution in [1.29, 1.82) is 0 Å². The van der Waals surface area contributed by atoms with E-state index in [2.05, 4.69) is 23.6 Å². The Morgan fingerprint density at radius 3 is 2.50 bits per heavy atom. The van der Waals surface area contributed by atoms with Crippen molar-refractivity contribution in [1.82, 2.24) is 9.80 Å². The van der Waals surface area contributed by atoms with Gasteiger partial charge in [-0.15, -0.1) is 0 Å². The van der Waals surface area contributed by atoms with Crippen LogP contribution in [-0.2, 0) is 4.79 Å². The fourth-order valence-electron chi connectivity index (χ4n) is 3.34. The van der Waals surface area contributed by atoms with Gasteiger partial charge in [0.2, 0.25) is 5.91 Å². The first-order valence-electron chi connectivity index (χ1n) is 8.33. The van der Waals surface area contributed by atoms with Gasteiger partial charge >= 0.3 is 0 Å². The molecule has 1 amide bonds. The Morgan fingerprint density at radius 2 is 1.90 bits per heavy atom. The quantitative estimate of drug-likeness (QED) is 0.853. The van der Waals surface area contributed by atoms with Gasteiger partial charge in [-0.25, -0.2) is 0 Å². The summed E-state index contributed by atoms with van der Waals surface area (Å²) in [5.41, 5.74) is 6.00. The van der Waals surface area contributed by atoms with Gasteiger partial charge < -0.3 is 10.6 Å². The van der Waals surface area contributed by atoms with Gasteiger partial charge in [0.15, 0.2) is 0 Å². The Balaban J connectivity index is 1.74. The van der Waals surface area contributed by atoms with Crippen LogP contribution in [0.15, 0.2) is 0 Å². The van der Waals surface area contributed by atoms with Gasteiger partial charge in [-0.2, -0.15) is 0 Å². The Morgan fingerprint density at radius 1 is 1.20 bits per heavy atom. The first-order valence-corrected chi connectivity index (χ1v) is 8.33. The van der Waals surface area contributed by atoms with E-state index in [-0.39, 0.29) is 12.0 Å². The fraction of sp³-hybridized carbons (Fsp3) is 0.938. The SMILES string of the molecule is CC(C)CCN1CCN(C(=O)C2CCCC(N)C2)CC1. The van der Waals surface area contributed by atoms with Crippen LogP contribution in [0, 0.1) is 11.8 Å². The molecule has 1 heterocycles. The van der Waals surface area contributed by atoms with E-state index in [1.807, 2.05) is 0 Å². The molecule has 0 aromatic carbocycles. The summed E-state index contributed by atoms with van der Waals surface area (Å²) < 4.78 is 0. The lowest BCUT2D eigenvalue weighted by atomic mass is 9.85. The molecule has 4 nitrogen and oxygen atoms in total. The third-order valence-corrected chi connectivity index (χ3v) is 4.77. The van der Waals surface area contributed by atoms with Crippen LogP contribution in [0.2, 0.25) is 0 Å². The van der Waals surface area contributed by atoms with Crippen LogP contribution < -0.4 is 5.73 Å². The van der Waals surface area contributed by atoms with Gasteiger partial charge in [0, 0.05) is 38.1 Å². The number of nitrogens with zero attached hydrogens (tertiary/aromatic N) is 2. The normalized spacial score (nSPS) is 28.9. The maximum atomic E-state index is 12.5. The molecule has 2 atom stereocenters. The molecule has 0 radical (unpaired) electrons. The van der Waals surface area contributed by atoms with Crippen LogP contribution in [0.4, 0.5) is 0 Å². The average molecular weight is 281 g/mol. The van der Waals surface area contributed by atoms with E-state index >= 15 is 0 Å². The zero-order valence-corrected chi connectivity index (χ0v) is 13.2. The summed E-state index contributed by atoms with van der Waals surface area (Å²) in [6.07, 6.45) is 5.40. The van der Waals surface area contributed by atoms with Gasteiger partial charge in [-0.3, -0.25) is 9.69 Å². The number of piperazine rings is 1. The molecule has 116 valence electrons. The van der Waals surface area contributed by atoms with Gasteiger partial charge in [-0.05, 0) is 38.1 Å². The van der Waals surface area contributed by atoms with E-state index in [4.69, 9.17) is 5.73 Å². The molecule has 0 aromatic rings. The first kappa shape index (κ1) is 15.8. The van der Waals surface area contributed by atoms with Crippen LogP contribution in [-0.4, -0.2) is 54.5 Å². The van der Waals surface area contributed by atoms with Crippen LogP contribution >= 0.6 is 0 Å². The summed E-state index contributed by atoms with van der Waals surface area (Å²) in [7, 11) is 0. The highest BCUT2D eigenvalue weighted by molar-refractivity contribution is 5.79. The Labute approximate surface area is 123 Å². The second kappa shape index (κ2) is 7.41. The van der Waals surface area contributed by atoms with Crippen LogP contribution in [0.5, 0.6) is 0 Å². The molecular formula is C16H31N3O. The molecule has 2 fully saturated rings. The number of hydrogen-bond acceptors (Lipinski definition) is 3. The van der Waals surface area contributed by atoms with Crippen molar-refractivity contribution in [3.8, 4) is 0 Å². The van der Waals surface area contributed by atoms with Gasteiger partial charge in [0.1, 0.15) is 0 Å². The molecule has 0 bridgehead atoms. The lowest BCUT2D eigenvalue weighted by molar-refractivity contribution is -0.138. The van der Waals surface area contributed by atoms with Crippen LogP contribution in [0.3, 0.4) is 0 Å². The predicted molar refractivity (Wildman–Crippen MR) is 82.4 cm³/mol. The number of nitrogens with two attached hydrogens (primary N) is 1. The van der Waals surface area contributed by atoms with Gasteiger partial charge in [-0.1, -0.05) is 20.3 Å². The van der Waals surface area contributed by atoms with E-state index in [1.165, 1.54) is 13.0 Å². The number of amides is 1. The number of carbonyl (C=O) groups is 1. The second-order valence-corrected chi connectivity index (χ2v) is 6.97. The fourth-order valence-corrected chi connectivity index (χ4v) is 3.34. The van der Waals surface area contributed by atoms with Crippen molar-refractivity contribution in [2.24, 2.45) is 17.6 Å². The van der Waals surface area contributed by atoms with E-state index in [1.54, 1.807) is 0 Å². The van der Waals surface area contributed by atoms with Crippen molar-refractivity contribution in [3.63, 3.8) is 0 Å². The molecule has 1 saturated heterocycles. The molecule has 2 rings (SSSR count). The van der Waals surface area contributed by atoms with Crippen molar-refractivity contribution >= 4 is 5.91 Å². The molecule has 2 unspecified atom stereocenters. The van der Waals surface area contributed by atoms with Crippen molar-refractivity contribution in [2.45, 2.75) is 52.0 Å². The largest absolute Gasteiger partial charge is 0.340 e. The van der Waals surface area contributed by atoms with E-state index in [0.717, 1.165) is 57.8 Å². The first-order chi connectivity index (χ1) is 9.56. The van der Waals surface area contributed by atoms with E-state index in [0.29, 0.717) is 5.91 Å². The molecule has 1 saturated carbocycles.